The first-order valence-electron chi connectivity index (χ1n) is 8.81. The van der Waals surface area contributed by atoms with E-state index in [1.807, 2.05) is 0 Å². The van der Waals surface area contributed by atoms with E-state index in [0.717, 1.165) is 0 Å². The molecule has 1 aliphatic heterocycles. The van der Waals surface area contributed by atoms with E-state index < -0.39 is 22.1 Å². The van der Waals surface area contributed by atoms with Gasteiger partial charge in [-0.15, -0.1) is 10.2 Å². The molecule has 1 aliphatic rings. The van der Waals surface area contributed by atoms with Crippen molar-refractivity contribution in [3.05, 3.63) is 54.4 Å². The summed E-state index contributed by atoms with van der Waals surface area (Å²) in [5.74, 6) is -0.939. The van der Waals surface area contributed by atoms with E-state index in [0.29, 0.717) is 5.69 Å². The van der Waals surface area contributed by atoms with E-state index in [1.54, 1.807) is 39.8 Å². The van der Waals surface area contributed by atoms with Crippen LogP contribution in [0.3, 0.4) is 0 Å². The van der Waals surface area contributed by atoms with Gasteiger partial charge in [-0.2, -0.15) is 18.3 Å². The number of rotatable bonds is 5. The Hall–Kier alpha value is -2.73. The Balaban J connectivity index is 1.45. The molecule has 0 fully saturated rings. The van der Waals surface area contributed by atoms with Crippen LogP contribution >= 0.6 is 0 Å². The van der Waals surface area contributed by atoms with Crippen LogP contribution in [-0.2, 0) is 29.5 Å². The lowest BCUT2D eigenvalue weighted by Crippen LogP contribution is -2.32. The highest BCUT2D eigenvalue weighted by Crippen LogP contribution is 2.34. The van der Waals surface area contributed by atoms with Gasteiger partial charge in [0.15, 0.2) is 0 Å². The van der Waals surface area contributed by atoms with E-state index in [-0.39, 0.29) is 42.5 Å². The molecule has 3 aromatic rings. The van der Waals surface area contributed by atoms with E-state index in [2.05, 4.69) is 20.0 Å². The molecule has 0 saturated carbocycles. The average molecular weight is 426 g/mol. The zero-order valence-corrected chi connectivity index (χ0v) is 15.9. The number of nitrogens with one attached hydrogen (secondary N) is 1. The highest BCUT2D eigenvalue weighted by Gasteiger charge is 2.42. The first-order valence-corrected chi connectivity index (χ1v) is 10.3. The molecule has 0 amide bonds. The Morgan fingerprint density at radius 2 is 1.93 bits per heavy atom. The number of fused-ring (bicyclic) bond motifs is 1. The minimum Gasteiger partial charge on any atom is -0.314 e. The molecule has 29 heavy (non-hydrogen) atoms. The lowest BCUT2D eigenvalue weighted by atomic mass is 9.97. The third-order valence-corrected chi connectivity index (χ3v) is 6.25. The third-order valence-electron chi connectivity index (χ3n) is 4.83. The largest absolute Gasteiger partial charge is 0.392 e. The molecule has 1 N–H and O–H groups in total. The van der Waals surface area contributed by atoms with Crippen LogP contribution < -0.4 is 4.72 Å². The molecule has 1 aromatic carbocycles. The zero-order valence-electron chi connectivity index (χ0n) is 15.0. The Labute approximate surface area is 164 Å². The fourth-order valence-corrected chi connectivity index (χ4v) is 4.22. The van der Waals surface area contributed by atoms with Gasteiger partial charge in [-0.1, -0.05) is 0 Å². The highest BCUT2D eigenvalue weighted by molar-refractivity contribution is 7.89. The van der Waals surface area contributed by atoms with Gasteiger partial charge in [0.2, 0.25) is 10.0 Å². The van der Waals surface area contributed by atoms with Gasteiger partial charge < -0.3 is 4.57 Å². The number of benzene rings is 1. The van der Waals surface area contributed by atoms with Gasteiger partial charge in [0, 0.05) is 25.4 Å². The van der Waals surface area contributed by atoms with Gasteiger partial charge in [-0.3, -0.25) is 0 Å². The van der Waals surface area contributed by atoms with E-state index >= 15 is 0 Å². The second-order valence-electron chi connectivity index (χ2n) is 6.68. The van der Waals surface area contributed by atoms with Crippen molar-refractivity contribution >= 4 is 10.0 Å². The van der Waals surface area contributed by atoms with Crippen LogP contribution in [0.2, 0.25) is 0 Å². The van der Waals surface area contributed by atoms with E-state index in [1.165, 1.54) is 12.1 Å². The summed E-state index contributed by atoms with van der Waals surface area (Å²) < 4.78 is 69.3. The molecule has 0 aliphatic carbocycles. The SMILES string of the molecule is O=S(=O)(NCc1nnc2n1CC[C@H](C(F)(F)F)C2)c1ccc(-n2cccn2)cc1. The molecule has 3 heterocycles. The maximum absolute atomic E-state index is 12.9. The normalized spacial score (nSPS) is 17.3. The van der Waals surface area contributed by atoms with Crippen LogP contribution in [0.25, 0.3) is 5.69 Å². The Morgan fingerprint density at radius 1 is 1.17 bits per heavy atom. The zero-order chi connectivity index (χ0) is 20.6. The van der Waals surface area contributed by atoms with Gasteiger partial charge in [0.05, 0.1) is 23.0 Å². The standard InChI is InChI=1S/C17H17F3N6O2S/c18-17(19,20)12-6-9-25-15(10-12)23-24-16(25)11-22-29(27,28)14-4-2-13(3-5-14)26-8-1-7-21-26/h1-5,7-8,12,22H,6,9-11H2/t12-/m0/s1. The fraction of sp³-hybridized carbons (Fsp3) is 0.353. The molecule has 0 saturated heterocycles. The first-order chi connectivity index (χ1) is 13.7. The van der Waals surface area contributed by atoms with Gasteiger partial charge in [0.1, 0.15) is 11.6 Å². The fourth-order valence-electron chi connectivity index (χ4n) is 3.24. The summed E-state index contributed by atoms with van der Waals surface area (Å²) in [6.45, 7) is -0.0605. The van der Waals surface area contributed by atoms with Crippen molar-refractivity contribution < 1.29 is 21.6 Å². The number of alkyl halides is 3. The second kappa shape index (κ2) is 7.26. The Morgan fingerprint density at radius 3 is 2.59 bits per heavy atom. The summed E-state index contributed by atoms with van der Waals surface area (Å²) in [5, 5.41) is 11.7. The summed E-state index contributed by atoms with van der Waals surface area (Å²) in [6, 6.07) is 7.90. The molecule has 0 bridgehead atoms. The van der Waals surface area contributed by atoms with Crippen molar-refractivity contribution in [3.63, 3.8) is 0 Å². The molecule has 8 nitrogen and oxygen atoms in total. The monoisotopic (exact) mass is 426 g/mol. The van der Waals surface area contributed by atoms with Crippen LogP contribution in [-0.4, -0.2) is 39.1 Å². The van der Waals surface area contributed by atoms with Crippen molar-refractivity contribution in [3.8, 4) is 5.69 Å². The molecule has 0 radical (unpaired) electrons. The van der Waals surface area contributed by atoms with Crippen molar-refractivity contribution in [1.82, 2.24) is 29.3 Å². The maximum Gasteiger partial charge on any atom is 0.392 e. The number of nitrogens with zero attached hydrogens (tertiary/aromatic N) is 5. The molecule has 0 spiro atoms. The summed E-state index contributed by atoms with van der Waals surface area (Å²) in [4.78, 5) is 0.0592. The number of hydrogen-bond acceptors (Lipinski definition) is 5. The van der Waals surface area contributed by atoms with Crippen molar-refractivity contribution in [2.24, 2.45) is 5.92 Å². The summed E-state index contributed by atoms with van der Waals surface area (Å²) in [7, 11) is -3.82. The van der Waals surface area contributed by atoms with Crippen LogP contribution in [0.5, 0.6) is 0 Å². The quantitative estimate of drug-likeness (QED) is 0.674. The smallest absolute Gasteiger partial charge is 0.314 e. The van der Waals surface area contributed by atoms with Crippen LogP contribution in [0, 0.1) is 5.92 Å². The average Bonchev–Trinajstić information content (AvgIpc) is 3.35. The van der Waals surface area contributed by atoms with Crippen molar-refractivity contribution in [2.75, 3.05) is 0 Å². The molecule has 0 unspecified atom stereocenters. The Kier molecular flexibility index (Phi) is 4.90. The van der Waals surface area contributed by atoms with Crippen LogP contribution in [0.4, 0.5) is 13.2 Å². The first kappa shape index (κ1) is 19.6. The Bertz CT molecular complexity index is 1090. The van der Waals surface area contributed by atoms with E-state index in [4.69, 9.17) is 0 Å². The van der Waals surface area contributed by atoms with Gasteiger partial charge >= 0.3 is 6.18 Å². The molecule has 154 valence electrons. The topological polar surface area (TPSA) is 94.7 Å². The minimum absolute atomic E-state index is 0.0592. The van der Waals surface area contributed by atoms with Crippen LogP contribution in [0.1, 0.15) is 18.1 Å². The third kappa shape index (κ3) is 4.03. The van der Waals surface area contributed by atoms with E-state index in [9.17, 15) is 21.6 Å². The molecule has 4 rings (SSSR count). The maximum atomic E-state index is 12.9. The summed E-state index contributed by atoms with van der Waals surface area (Å²) in [5.41, 5.74) is 0.708. The highest BCUT2D eigenvalue weighted by atomic mass is 32.2. The lowest BCUT2D eigenvalue weighted by Gasteiger charge is -2.25. The predicted molar refractivity (Wildman–Crippen MR) is 95.5 cm³/mol. The molecular formula is C17H17F3N6O2S. The number of hydrogen-bond donors (Lipinski definition) is 1. The number of sulfonamides is 1. The van der Waals surface area contributed by atoms with Gasteiger partial charge in [0.25, 0.3) is 0 Å². The van der Waals surface area contributed by atoms with Crippen molar-refractivity contribution in [1.29, 1.82) is 0 Å². The summed E-state index contributed by atoms with van der Waals surface area (Å²) in [6.07, 6.45) is -1.26. The molecule has 12 heteroatoms. The molecular weight excluding hydrogens is 409 g/mol. The summed E-state index contributed by atoms with van der Waals surface area (Å²) >= 11 is 0. The predicted octanol–water partition coefficient (Wildman–Crippen LogP) is 2.07. The molecule has 2 aromatic heterocycles. The molecule has 1 atom stereocenters. The van der Waals surface area contributed by atoms with Gasteiger partial charge in [-0.25, -0.2) is 17.8 Å². The lowest BCUT2D eigenvalue weighted by molar-refractivity contribution is -0.179. The van der Waals surface area contributed by atoms with Gasteiger partial charge in [-0.05, 0) is 36.8 Å². The van der Waals surface area contributed by atoms with Crippen molar-refractivity contribution in [2.45, 2.75) is 37.0 Å². The minimum atomic E-state index is -4.28. The number of halogens is 3. The number of aromatic nitrogens is 5. The van der Waals surface area contributed by atoms with Crippen LogP contribution in [0.15, 0.2) is 47.6 Å². The second-order valence-corrected chi connectivity index (χ2v) is 8.45.